The molecule has 2 nitrogen and oxygen atoms in total. The first-order valence-electron chi connectivity index (χ1n) is 8.56. The maximum absolute atomic E-state index is 11.5. The van der Waals surface area contributed by atoms with E-state index in [-0.39, 0.29) is 0 Å². The van der Waals surface area contributed by atoms with Crippen molar-refractivity contribution in [2.24, 2.45) is 0 Å². The van der Waals surface area contributed by atoms with E-state index in [1.165, 1.54) is 44.1 Å². The number of hydrogen-bond donors (Lipinski definition) is 0. The molecule has 1 aromatic rings. The van der Waals surface area contributed by atoms with Crippen LogP contribution in [-0.4, -0.2) is 11.3 Å². The Balaban J connectivity index is 2.21. The van der Waals surface area contributed by atoms with Crippen molar-refractivity contribution < 1.29 is 9.53 Å². The van der Waals surface area contributed by atoms with Crippen LogP contribution in [-0.2, 0) is 4.79 Å². The summed E-state index contributed by atoms with van der Waals surface area (Å²) in [6, 6.07) is 7.72. The molecule has 0 aliphatic rings. The zero-order valence-corrected chi connectivity index (χ0v) is 14.7. The Morgan fingerprint density at radius 1 is 1.00 bits per heavy atom. The van der Waals surface area contributed by atoms with E-state index in [1.54, 1.807) is 0 Å². The zero-order chi connectivity index (χ0) is 16.2. The van der Waals surface area contributed by atoms with Crippen molar-refractivity contribution in [3.05, 3.63) is 29.8 Å². The molecule has 1 atom stereocenters. The van der Waals surface area contributed by atoms with Crippen molar-refractivity contribution in [1.29, 1.82) is 0 Å². The maximum Gasteiger partial charge on any atom is 0.262 e. The average Bonchev–Trinajstić information content (AvgIpc) is 2.50. The molecule has 1 aromatic carbocycles. The van der Waals surface area contributed by atoms with E-state index < -0.39 is 11.3 Å². The van der Waals surface area contributed by atoms with Gasteiger partial charge in [-0.3, -0.25) is 4.79 Å². The summed E-state index contributed by atoms with van der Waals surface area (Å²) >= 11 is 5.66. The lowest BCUT2D eigenvalue weighted by Gasteiger charge is -2.15. The van der Waals surface area contributed by atoms with Crippen molar-refractivity contribution >= 4 is 16.8 Å². The van der Waals surface area contributed by atoms with E-state index >= 15 is 0 Å². The van der Waals surface area contributed by atoms with Crippen molar-refractivity contribution in [3.63, 3.8) is 0 Å². The van der Waals surface area contributed by atoms with Crippen LogP contribution in [0.1, 0.15) is 70.3 Å². The summed E-state index contributed by atoms with van der Waals surface area (Å²) in [5, 5.41) is -0.400. The standard InChI is InChI=1S/C19H29ClO2/c1-3-4-5-6-7-8-9-10-11-18(19(20)21)22-17-14-12-16(2)13-15-17/h12-15,18H,3-11H2,1-2H3. The highest BCUT2D eigenvalue weighted by Crippen LogP contribution is 2.18. The second kappa shape index (κ2) is 11.5. The molecule has 124 valence electrons. The number of carbonyl (C=O) groups is 1. The summed E-state index contributed by atoms with van der Waals surface area (Å²) < 4.78 is 5.71. The van der Waals surface area contributed by atoms with E-state index in [1.807, 2.05) is 31.2 Å². The van der Waals surface area contributed by atoms with Gasteiger partial charge in [-0.15, -0.1) is 0 Å². The Morgan fingerprint density at radius 2 is 1.55 bits per heavy atom. The van der Waals surface area contributed by atoms with Gasteiger partial charge in [-0.2, -0.15) is 0 Å². The molecule has 0 heterocycles. The van der Waals surface area contributed by atoms with Crippen LogP contribution in [0.15, 0.2) is 24.3 Å². The molecule has 1 rings (SSSR count). The van der Waals surface area contributed by atoms with E-state index in [0.717, 1.165) is 12.8 Å². The lowest BCUT2D eigenvalue weighted by molar-refractivity contribution is -0.118. The van der Waals surface area contributed by atoms with Gasteiger partial charge in [-0.05, 0) is 43.5 Å². The molecule has 22 heavy (non-hydrogen) atoms. The second-order valence-corrected chi connectivity index (χ2v) is 6.36. The quantitative estimate of drug-likeness (QED) is 0.346. The molecule has 0 aromatic heterocycles. The third kappa shape index (κ3) is 8.43. The van der Waals surface area contributed by atoms with Gasteiger partial charge in [0.05, 0.1) is 0 Å². The van der Waals surface area contributed by atoms with Crippen LogP contribution in [0.25, 0.3) is 0 Å². The molecule has 0 saturated heterocycles. The summed E-state index contributed by atoms with van der Waals surface area (Å²) in [7, 11) is 0. The number of halogens is 1. The highest BCUT2D eigenvalue weighted by atomic mass is 35.5. The molecule has 0 fully saturated rings. The number of ether oxygens (including phenoxy) is 1. The van der Waals surface area contributed by atoms with Crippen LogP contribution in [0.2, 0.25) is 0 Å². The average molecular weight is 325 g/mol. The molecular weight excluding hydrogens is 296 g/mol. The number of aryl methyl sites for hydroxylation is 1. The van der Waals surface area contributed by atoms with Crippen LogP contribution in [0.4, 0.5) is 0 Å². The first-order valence-corrected chi connectivity index (χ1v) is 8.94. The first kappa shape index (κ1) is 19.0. The SMILES string of the molecule is CCCCCCCCCCC(Oc1ccc(C)cc1)C(=O)Cl. The van der Waals surface area contributed by atoms with Gasteiger partial charge in [0, 0.05) is 0 Å². The van der Waals surface area contributed by atoms with Gasteiger partial charge in [0.25, 0.3) is 5.24 Å². The smallest absolute Gasteiger partial charge is 0.262 e. The van der Waals surface area contributed by atoms with Crippen molar-refractivity contribution in [2.75, 3.05) is 0 Å². The maximum atomic E-state index is 11.5. The molecule has 0 bridgehead atoms. The van der Waals surface area contributed by atoms with Crippen LogP contribution in [0, 0.1) is 6.92 Å². The van der Waals surface area contributed by atoms with Crippen molar-refractivity contribution in [1.82, 2.24) is 0 Å². The van der Waals surface area contributed by atoms with Crippen molar-refractivity contribution in [2.45, 2.75) is 77.7 Å². The van der Waals surface area contributed by atoms with Crippen LogP contribution in [0.3, 0.4) is 0 Å². The van der Waals surface area contributed by atoms with Gasteiger partial charge in [0.1, 0.15) is 5.75 Å². The normalized spacial score (nSPS) is 12.1. The first-order chi connectivity index (χ1) is 10.6. The molecule has 0 spiro atoms. The lowest BCUT2D eigenvalue weighted by Crippen LogP contribution is -2.23. The molecular formula is C19H29ClO2. The third-order valence-corrected chi connectivity index (χ3v) is 4.12. The lowest BCUT2D eigenvalue weighted by atomic mass is 10.1. The second-order valence-electron chi connectivity index (χ2n) is 5.99. The van der Waals surface area contributed by atoms with Crippen LogP contribution >= 0.6 is 11.6 Å². The Labute approximate surface area is 140 Å². The zero-order valence-electron chi connectivity index (χ0n) is 13.9. The van der Waals surface area contributed by atoms with E-state index in [9.17, 15) is 4.79 Å². The number of rotatable bonds is 12. The van der Waals surface area contributed by atoms with E-state index in [2.05, 4.69) is 6.92 Å². The summed E-state index contributed by atoms with van der Waals surface area (Å²) in [6.07, 6.45) is 10.1. The minimum absolute atomic E-state index is 0.400. The fourth-order valence-corrected chi connectivity index (χ4v) is 2.62. The highest BCUT2D eigenvalue weighted by Gasteiger charge is 2.17. The predicted octanol–water partition coefficient (Wildman–Crippen LogP) is 6.04. The molecule has 0 radical (unpaired) electrons. The topological polar surface area (TPSA) is 26.3 Å². The Kier molecular flexibility index (Phi) is 9.98. The predicted molar refractivity (Wildman–Crippen MR) is 93.7 cm³/mol. The third-order valence-electron chi connectivity index (χ3n) is 3.87. The monoisotopic (exact) mass is 324 g/mol. The van der Waals surface area contributed by atoms with Gasteiger partial charge in [0.15, 0.2) is 6.10 Å². The Bertz CT molecular complexity index is 414. The molecule has 3 heteroatoms. The minimum atomic E-state index is -0.524. The van der Waals surface area contributed by atoms with E-state index in [0.29, 0.717) is 12.2 Å². The number of unbranched alkanes of at least 4 members (excludes halogenated alkanes) is 7. The number of hydrogen-bond acceptors (Lipinski definition) is 2. The molecule has 0 saturated carbocycles. The molecule has 0 N–H and O–H groups in total. The van der Waals surface area contributed by atoms with Gasteiger partial charge in [-0.1, -0.05) is 69.6 Å². The van der Waals surface area contributed by atoms with Gasteiger partial charge < -0.3 is 4.74 Å². The van der Waals surface area contributed by atoms with Crippen LogP contribution < -0.4 is 4.74 Å². The largest absolute Gasteiger partial charge is 0.481 e. The van der Waals surface area contributed by atoms with Gasteiger partial charge in [-0.25, -0.2) is 0 Å². The molecule has 0 amide bonds. The minimum Gasteiger partial charge on any atom is -0.481 e. The molecule has 0 aliphatic heterocycles. The molecule has 1 unspecified atom stereocenters. The Hall–Kier alpha value is -1.02. The fourth-order valence-electron chi connectivity index (χ4n) is 2.46. The van der Waals surface area contributed by atoms with Crippen molar-refractivity contribution in [3.8, 4) is 5.75 Å². The summed E-state index contributed by atoms with van der Waals surface area (Å²) in [4.78, 5) is 11.5. The summed E-state index contributed by atoms with van der Waals surface area (Å²) in [5.41, 5.74) is 1.17. The van der Waals surface area contributed by atoms with Crippen LogP contribution in [0.5, 0.6) is 5.75 Å². The highest BCUT2D eigenvalue weighted by molar-refractivity contribution is 6.64. The summed E-state index contributed by atoms with van der Waals surface area (Å²) in [5.74, 6) is 0.712. The van der Waals surface area contributed by atoms with Gasteiger partial charge >= 0.3 is 0 Å². The van der Waals surface area contributed by atoms with Gasteiger partial charge in [0.2, 0.25) is 0 Å². The number of carbonyl (C=O) groups excluding carboxylic acids is 1. The Morgan fingerprint density at radius 3 is 2.09 bits per heavy atom. The molecule has 0 aliphatic carbocycles. The fraction of sp³-hybridized carbons (Fsp3) is 0.632. The van der Waals surface area contributed by atoms with E-state index in [4.69, 9.17) is 16.3 Å². The summed E-state index contributed by atoms with van der Waals surface area (Å²) in [6.45, 7) is 4.26. The number of benzene rings is 1.